The molecule has 4 fully saturated rings. The van der Waals surface area contributed by atoms with E-state index < -0.39 is 22.9 Å². The molecule has 0 aromatic carbocycles. The van der Waals surface area contributed by atoms with Crippen LogP contribution in [0.5, 0.6) is 0 Å². The minimum Gasteiger partial charge on any atom is -0.330 e. The summed E-state index contributed by atoms with van der Waals surface area (Å²) in [6.07, 6.45) is 10.5. The van der Waals surface area contributed by atoms with Crippen molar-refractivity contribution < 1.29 is 19.8 Å². The summed E-state index contributed by atoms with van der Waals surface area (Å²) in [6, 6.07) is 0. The summed E-state index contributed by atoms with van der Waals surface area (Å²) in [5.41, 5.74) is 6.75. The predicted molar refractivity (Wildman–Crippen MR) is 106 cm³/mol. The number of hydrogen-bond donors (Lipinski definition) is 1. The maximum absolute atomic E-state index is 11.0. The quantitative estimate of drug-likeness (QED) is 0.377. The molecule has 4 aliphatic rings. The van der Waals surface area contributed by atoms with Gasteiger partial charge < -0.3 is 15.4 Å². The SMILES string of the molecule is CCCC12CC3(CN)CC(CCC)(C1)CC(CC(CO[N+](=O)[O-])O[N+](=O)[O-])(C3)C2. The van der Waals surface area contributed by atoms with Crippen molar-refractivity contribution in [3.63, 3.8) is 0 Å². The first-order chi connectivity index (χ1) is 13.6. The molecular weight excluding hydrogens is 378 g/mol. The highest BCUT2D eigenvalue weighted by atomic mass is 17.0. The van der Waals surface area contributed by atoms with Gasteiger partial charge in [-0.05, 0) is 86.0 Å². The van der Waals surface area contributed by atoms with Gasteiger partial charge in [-0.3, -0.25) is 0 Å². The lowest BCUT2D eigenvalue weighted by Crippen LogP contribution is -2.63. The Kier molecular flexibility index (Phi) is 6.00. The van der Waals surface area contributed by atoms with Crippen molar-refractivity contribution in [3.05, 3.63) is 20.2 Å². The van der Waals surface area contributed by atoms with Crippen molar-refractivity contribution in [1.82, 2.24) is 0 Å². The minimum atomic E-state index is -0.932. The van der Waals surface area contributed by atoms with Crippen molar-refractivity contribution in [2.24, 2.45) is 27.4 Å². The van der Waals surface area contributed by atoms with E-state index in [0.717, 1.165) is 57.8 Å². The van der Waals surface area contributed by atoms with Crippen LogP contribution in [0.15, 0.2) is 0 Å². The Morgan fingerprint density at radius 3 is 1.79 bits per heavy atom. The van der Waals surface area contributed by atoms with E-state index in [2.05, 4.69) is 18.7 Å². The van der Waals surface area contributed by atoms with Gasteiger partial charge in [0, 0.05) is 0 Å². The summed E-state index contributed by atoms with van der Waals surface area (Å²) in [5.74, 6) is 0. The van der Waals surface area contributed by atoms with Crippen LogP contribution in [-0.4, -0.2) is 29.4 Å². The zero-order chi connectivity index (χ0) is 21.3. The molecule has 0 aromatic rings. The average molecular weight is 414 g/mol. The summed E-state index contributed by atoms with van der Waals surface area (Å²) in [7, 11) is 0. The molecule has 0 saturated heterocycles. The van der Waals surface area contributed by atoms with E-state index in [1.165, 1.54) is 6.42 Å². The van der Waals surface area contributed by atoms with Crippen LogP contribution in [0.4, 0.5) is 0 Å². The average Bonchev–Trinajstić information content (AvgIpc) is 2.57. The van der Waals surface area contributed by atoms with Gasteiger partial charge in [-0.25, -0.2) is 0 Å². The molecule has 0 radical (unpaired) electrons. The number of rotatable bonds is 12. The van der Waals surface area contributed by atoms with Crippen LogP contribution >= 0.6 is 0 Å². The van der Waals surface area contributed by atoms with Gasteiger partial charge >= 0.3 is 0 Å². The molecule has 9 heteroatoms. The lowest BCUT2D eigenvalue weighted by Gasteiger charge is -2.71. The largest absolute Gasteiger partial charge is 0.330 e. The van der Waals surface area contributed by atoms with Crippen LogP contribution in [0.2, 0.25) is 0 Å². The van der Waals surface area contributed by atoms with Gasteiger partial charge in [0.05, 0.1) is 0 Å². The fourth-order valence-corrected chi connectivity index (χ4v) is 8.42. The topological polar surface area (TPSA) is 131 Å². The first kappa shape index (κ1) is 22.1. The Morgan fingerprint density at radius 1 is 0.862 bits per heavy atom. The molecule has 0 heterocycles. The maximum atomic E-state index is 11.0. The van der Waals surface area contributed by atoms with Crippen LogP contribution in [-0.2, 0) is 9.68 Å². The highest BCUT2D eigenvalue weighted by molar-refractivity contribution is 5.17. The third kappa shape index (κ3) is 4.44. The van der Waals surface area contributed by atoms with Crippen molar-refractivity contribution in [3.8, 4) is 0 Å². The van der Waals surface area contributed by atoms with Crippen LogP contribution < -0.4 is 5.73 Å². The molecule has 4 rings (SSSR count). The monoisotopic (exact) mass is 413 g/mol. The minimum absolute atomic E-state index is 0.0716. The summed E-state index contributed by atoms with van der Waals surface area (Å²) in [6.45, 7) is 4.66. The van der Waals surface area contributed by atoms with E-state index in [0.29, 0.717) is 13.0 Å². The van der Waals surface area contributed by atoms with E-state index >= 15 is 0 Å². The smallest absolute Gasteiger partial charge is 0.294 e. The normalized spacial score (nSPS) is 38.6. The second kappa shape index (κ2) is 7.89. The Bertz CT molecular complexity index is 620. The molecule has 0 aromatic heterocycles. The van der Waals surface area contributed by atoms with Crippen LogP contribution in [0.1, 0.15) is 84.5 Å². The molecule has 4 bridgehead atoms. The molecule has 0 spiro atoms. The van der Waals surface area contributed by atoms with Gasteiger partial charge in [0.15, 0.2) is 0 Å². The van der Waals surface area contributed by atoms with Gasteiger partial charge in [-0.15, -0.1) is 20.2 Å². The van der Waals surface area contributed by atoms with Gasteiger partial charge in [0.2, 0.25) is 0 Å². The van der Waals surface area contributed by atoms with E-state index in [1.807, 2.05) is 0 Å². The van der Waals surface area contributed by atoms with Crippen LogP contribution in [0.25, 0.3) is 0 Å². The molecule has 3 unspecified atom stereocenters. The van der Waals surface area contributed by atoms with E-state index in [1.54, 1.807) is 0 Å². The van der Waals surface area contributed by atoms with Gasteiger partial charge in [0.25, 0.3) is 10.2 Å². The standard InChI is InChI=1S/C20H35N3O6/c1-3-5-17-9-18(6-4-2)11-19(10-17,14-20(12-17,13-18)15-21)7-16(29-23(26)27)8-28-22(24)25/h16H,3-15,21H2,1-2H3. The predicted octanol–water partition coefficient (Wildman–Crippen LogP) is 4.05. The van der Waals surface area contributed by atoms with Gasteiger partial charge in [0.1, 0.15) is 12.7 Å². The molecule has 4 saturated carbocycles. The van der Waals surface area contributed by atoms with Gasteiger partial charge in [-0.1, -0.05) is 26.7 Å². The number of nitrogens with zero attached hydrogens (tertiary/aromatic N) is 2. The van der Waals surface area contributed by atoms with Crippen LogP contribution in [0.3, 0.4) is 0 Å². The summed E-state index contributed by atoms with van der Waals surface area (Å²) in [5, 5.41) is 19.9. The molecule has 9 nitrogen and oxygen atoms in total. The lowest BCUT2D eigenvalue weighted by atomic mass is 9.33. The van der Waals surface area contributed by atoms with E-state index in [-0.39, 0.29) is 21.7 Å². The zero-order valence-electron chi connectivity index (χ0n) is 17.7. The second-order valence-corrected chi connectivity index (χ2v) is 10.4. The van der Waals surface area contributed by atoms with E-state index in [4.69, 9.17) is 10.6 Å². The van der Waals surface area contributed by atoms with Crippen molar-refractivity contribution in [2.75, 3.05) is 13.2 Å². The van der Waals surface area contributed by atoms with Crippen molar-refractivity contribution >= 4 is 0 Å². The molecule has 3 atom stereocenters. The zero-order valence-corrected chi connectivity index (χ0v) is 17.7. The van der Waals surface area contributed by atoms with Gasteiger partial charge in [-0.2, -0.15) is 0 Å². The summed E-state index contributed by atoms with van der Waals surface area (Å²) < 4.78 is 0. The van der Waals surface area contributed by atoms with E-state index in [9.17, 15) is 20.2 Å². The molecule has 2 N–H and O–H groups in total. The summed E-state index contributed by atoms with van der Waals surface area (Å²) >= 11 is 0. The molecular formula is C20H35N3O6. The Morgan fingerprint density at radius 2 is 1.34 bits per heavy atom. The Hall–Kier alpha value is -1.64. The molecule has 29 heavy (non-hydrogen) atoms. The fourth-order valence-electron chi connectivity index (χ4n) is 8.42. The Labute approximate surface area is 171 Å². The summed E-state index contributed by atoms with van der Waals surface area (Å²) in [4.78, 5) is 31.0. The molecule has 0 aliphatic heterocycles. The second-order valence-electron chi connectivity index (χ2n) is 10.4. The molecule has 4 aliphatic carbocycles. The van der Waals surface area contributed by atoms with Crippen molar-refractivity contribution in [2.45, 2.75) is 90.6 Å². The molecule has 0 amide bonds. The first-order valence-electron chi connectivity index (χ1n) is 10.9. The number of nitrogens with two attached hydrogens (primary N) is 1. The third-order valence-electron chi connectivity index (χ3n) is 7.76. The number of hydrogen-bond acceptors (Lipinski definition) is 7. The highest BCUT2D eigenvalue weighted by Crippen LogP contribution is 2.76. The first-order valence-corrected chi connectivity index (χ1v) is 10.9. The highest BCUT2D eigenvalue weighted by Gasteiger charge is 2.67. The van der Waals surface area contributed by atoms with Crippen LogP contribution in [0, 0.1) is 41.9 Å². The fraction of sp³-hybridized carbons (Fsp3) is 1.00. The third-order valence-corrected chi connectivity index (χ3v) is 7.76. The van der Waals surface area contributed by atoms with Crippen molar-refractivity contribution in [1.29, 1.82) is 0 Å². The molecule has 166 valence electrons. The lowest BCUT2D eigenvalue weighted by molar-refractivity contribution is -0.790. The Balaban J connectivity index is 1.93. The maximum Gasteiger partial charge on any atom is 0.294 e.